The van der Waals surface area contributed by atoms with Crippen LogP contribution in [0.5, 0.6) is 5.75 Å². The summed E-state index contributed by atoms with van der Waals surface area (Å²) in [6.45, 7) is 2.25. The Bertz CT molecular complexity index is 963. The Morgan fingerprint density at radius 3 is 2.50 bits per heavy atom. The number of carboxylic acid groups (broad SMARTS) is 1. The summed E-state index contributed by atoms with van der Waals surface area (Å²) in [4.78, 5) is 23.7. The molecule has 0 unspecified atom stereocenters. The van der Waals surface area contributed by atoms with E-state index in [2.05, 4.69) is 5.10 Å². The maximum atomic E-state index is 12.4. The number of carbonyl (C=O) groups excluding carboxylic acids is 1. The molecule has 0 aliphatic rings. The second-order valence-electron chi connectivity index (χ2n) is 5.32. The number of ether oxygens (including phenoxy) is 1. The second kappa shape index (κ2) is 6.54. The van der Waals surface area contributed by atoms with E-state index in [-0.39, 0.29) is 29.8 Å². The highest BCUT2D eigenvalue weighted by atomic mass is 16.5. The Kier molecular flexibility index (Phi) is 4.29. The molecule has 1 heterocycles. The first-order valence-corrected chi connectivity index (χ1v) is 7.47. The van der Waals surface area contributed by atoms with Crippen LogP contribution in [0, 0.1) is 6.92 Å². The van der Waals surface area contributed by atoms with Crippen LogP contribution in [0.2, 0.25) is 0 Å². The number of carbonyl (C=O) groups is 1. The van der Waals surface area contributed by atoms with Gasteiger partial charge >= 0.3 is 0 Å². The summed E-state index contributed by atoms with van der Waals surface area (Å²) in [6.07, 6.45) is 0. The third-order valence-electron chi connectivity index (χ3n) is 3.72. The van der Waals surface area contributed by atoms with E-state index < -0.39 is 5.97 Å². The fraction of sp³-hybridized carbons (Fsp3) is 0.167. The zero-order valence-corrected chi connectivity index (χ0v) is 13.1. The van der Waals surface area contributed by atoms with Gasteiger partial charge in [-0.2, -0.15) is 5.10 Å². The first-order chi connectivity index (χ1) is 11.6. The van der Waals surface area contributed by atoms with Crippen LogP contribution in [0.1, 0.15) is 16.1 Å². The molecule has 1 aromatic heterocycles. The van der Waals surface area contributed by atoms with Crippen LogP contribution in [0.3, 0.4) is 0 Å². The lowest BCUT2D eigenvalue weighted by molar-refractivity contribution is -0.255. The van der Waals surface area contributed by atoms with Crippen LogP contribution in [0.4, 0.5) is 0 Å². The van der Waals surface area contributed by atoms with Crippen LogP contribution in [-0.4, -0.2) is 22.4 Å². The normalized spacial score (nSPS) is 10.7. The number of nitrogens with zero attached hydrogens (tertiary/aromatic N) is 2. The standard InChI is InChI=1S/C18H16N2O4/c1-12-6-2-5-9-15(12)24-11-10-20-17(21)14-8-4-3-7-13(14)16(19-20)18(22)23/h2-9H,10-11H2,1H3,(H,22,23)/p-1. The van der Waals surface area contributed by atoms with Crippen molar-refractivity contribution in [3.63, 3.8) is 0 Å². The molecule has 0 radical (unpaired) electrons. The lowest BCUT2D eigenvalue weighted by Crippen LogP contribution is -2.32. The van der Waals surface area contributed by atoms with Crippen LogP contribution in [0.15, 0.2) is 53.3 Å². The Morgan fingerprint density at radius 2 is 1.79 bits per heavy atom. The molecule has 0 amide bonds. The monoisotopic (exact) mass is 323 g/mol. The van der Waals surface area contributed by atoms with Crippen LogP contribution in [0.25, 0.3) is 10.8 Å². The van der Waals surface area contributed by atoms with Gasteiger partial charge < -0.3 is 14.6 Å². The van der Waals surface area contributed by atoms with Gasteiger partial charge in [-0.15, -0.1) is 0 Å². The van der Waals surface area contributed by atoms with Gasteiger partial charge in [-0.05, 0) is 24.6 Å². The largest absolute Gasteiger partial charge is 0.543 e. The Labute approximate surface area is 137 Å². The van der Waals surface area contributed by atoms with Crippen LogP contribution in [-0.2, 0) is 6.54 Å². The van der Waals surface area contributed by atoms with Gasteiger partial charge in [-0.25, -0.2) is 4.68 Å². The molecule has 0 aliphatic carbocycles. The predicted octanol–water partition coefficient (Wildman–Crippen LogP) is 1.15. The molecular formula is C18H15N2O4-. The molecule has 0 bridgehead atoms. The Hall–Kier alpha value is -3.15. The van der Waals surface area contributed by atoms with Crippen molar-refractivity contribution >= 4 is 16.7 Å². The second-order valence-corrected chi connectivity index (χ2v) is 5.32. The number of carboxylic acids is 1. The third-order valence-corrected chi connectivity index (χ3v) is 3.72. The number of rotatable bonds is 5. The van der Waals surface area contributed by atoms with Gasteiger partial charge in [0.15, 0.2) is 0 Å². The maximum absolute atomic E-state index is 12.4. The zero-order chi connectivity index (χ0) is 17.1. The summed E-state index contributed by atoms with van der Waals surface area (Å²) in [7, 11) is 0. The number of aromatic carboxylic acids is 1. The molecular weight excluding hydrogens is 308 g/mol. The number of hydrogen-bond acceptors (Lipinski definition) is 5. The van der Waals surface area contributed by atoms with E-state index in [1.165, 1.54) is 0 Å². The topological polar surface area (TPSA) is 84.2 Å². The quantitative estimate of drug-likeness (QED) is 0.703. The minimum absolute atomic E-state index is 0.137. The summed E-state index contributed by atoms with van der Waals surface area (Å²) in [5.41, 5.74) is 0.372. The third kappa shape index (κ3) is 2.99. The molecule has 0 saturated carbocycles. The zero-order valence-electron chi connectivity index (χ0n) is 13.1. The Balaban J connectivity index is 1.90. The summed E-state index contributed by atoms with van der Waals surface area (Å²) in [6, 6.07) is 14.0. The highest BCUT2D eigenvalue weighted by Crippen LogP contribution is 2.16. The van der Waals surface area contributed by atoms with Crippen molar-refractivity contribution in [3.05, 3.63) is 70.1 Å². The molecule has 0 N–H and O–H groups in total. The molecule has 2 aromatic carbocycles. The molecule has 6 heteroatoms. The predicted molar refractivity (Wildman–Crippen MR) is 87.0 cm³/mol. The summed E-state index contributed by atoms with van der Waals surface area (Å²) >= 11 is 0. The smallest absolute Gasteiger partial charge is 0.274 e. The minimum atomic E-state index is -1.42. The highest BCUT2D eigenvalue weighted by Gasteiger charge is 2.11. The van der Waals surface area contributed by atoms with Gasteiger partial charge in [0, 0.05) is 5.39 Å². The van der Waals surface area contributed by atoms with Crippen molar-refractivity contribution in [3.8, 4) is 5.75 Å². The van der Waals surface area contributed by atoms with Crippen molar-refractivity contribution in [2.24, 2.45) is 0 Å². The number of aryl methyl sites for hydroxylation is 1. The summed E-state index contributed by atoms with van der Waals surface area (Å²) in [5, 5.41) is 15.8. The number of para-hydroxylation sites is 1. The molecule has 0 atom stereocenters. The van der Waals surface area contributed by atoms with E-state index >= 15 is 0 Å². The van der Waals surface area contributed by atoms with Crippen molar-refractivity contribution in [1.29, 1.82) is 0 Å². The van der Waals surface area contributed by atoms with Gasteiger partial charge in [0.25, 0.3) is 5.56 Å². The number of aromatic nitrogens is 2. The molecule has 3 aromatic rings. The molecule has 24 heavy (non-hydrogen) atoms. The molecule has 0 fully saturated rings. The first-order valence-electron chi connectivity index (χ1n) is 7.47. The van der Waals surface area contributed by atoms with E-state index in [0.29, 0.717) is 11.1 Å². The number of benzene rings is 2. The fourth-order valence-electron chi connectivity index (χ4n) is 2.50. The van der Waals surface area contributed by atoms with E-state index in [1.54, 1.807) is 24.3 Å². The minimum Gasteiger partial charge on any atom is -0.543 e. The summed E-state index contributed by atoms with van der Waals surface area (Å²) < 4.78 is 6.75. The Morgan fingerprint density at radius 1 is 1.12 bits per heavy atom. The SMILES string of the molecule is Cc1ccccc1OCCn1nc(C(=O)[O-])c2ccccc2c1=O. The van der Waals surface area contributed by atoms with E-state index in [1.807, 2.05) is 31.2 Å². The first kappa shape index (κ1) is 15.7. The highest BCUT2D eigenvalue weighted by molar-refractivity contribution is 6.00. The van der Waals surface area contributed by atoms with E-state index in [9.17, 15) is 14.7 Å². The number of fused-ring (bicyclic) bond motifs is 1. The molecule has 0 saturated heterocycles. The van der Waals surface area contributed by atoms with Crippen LogP contribution >= 0.6 is 0 Å². The van der Waals surface area contributed by atoms with E-state index in [0.717, 1.165) is 10.2 Å². The molecule has 6 nitrogen and oxygen atoms in total. The molecule has 3 rings (SSSR count). The van der Waals surface area contributed by atoms with Gasteiger partial charge in [-0.1, -0.05) is 36.4 Å². The van der Waals surface area contributed by atoms with Crippen molar-refractivity contribution in [1.82, 2.24) is 9.78 Å². The lowest BCUT2D eigenvalue weighted by Gasteiger charge is -2.13. The van der Waals surface area contributed by atoms with E-state index in [4.69, 9.17) is 4.74 Å². The summed E-state index contributed by atoms with van der Waals surface area (Å²) in [5.74, 6) is -0.703. The van der Waals surface area contributed by atoms with Gasteiger partial charge in [-0.3, -0.25) is 4.79 Å². The molecule has 0 spiro atoms. The maximum Gasteiger partial charge on any atom is 0.274 e. The van der Waals surface area contributed by atoms with Crippen molar-refractivity contribution in [2.75, 3.05) is 6.61 Å². The van der Waals surface area contributed by atoms with Crippen molar-refractivity contribution < 1.29 is 14.6 Å². The number of hydrogen-bond donors (Lipinski definition) is 0. The van der Waals surface area contributed by atoms with Gasteiger partial charge in [0.2, 0.25) is 0 Å². The lowest BCUT2D eigenvalue weighted by atomic mass is 10.1. The van der Waals surface area contributed by atoms with Crippen LogP contribution < -0.4 is 15.4 Å². The average Bonchev–Trinajstić information content (AvgIpc) is 2.58. The van der Waals surface area contributed by atoms with Crippen molar-refractivity contribution in [2.45, 2.75) is 13.5 Å². The molecule has 0 aliphatic heterocycles. The molecule has 122 valence electrons. The van der Waals surface area contributed by atoms with Gasteiger partial charge in [0.05, 0.1) is 17.9 Å². The average molecular weight is 323 g/mol. The van der Waals surface area contributed by atoms with Gasteiger partial charge in [0.1, 0.15) is 18.1 Å². The fourth-order valence-corrected chi connectivity index (χ4v) is 2.50.